The SMILES string of the molecule is CC(C)C1C(O)=CCc2cnc(Nc3ccc(N4CCNCC4)cc3)nc21. The number of aliphatic hydroxyl groups is 1. The average Bonchev–Trinajstić information content (AvgIpc) is 2.69. The third-order valence-electron chi connectivity index (χ3n) is 5.31. The molecule has 1 unspecified atom stereocenters. The van der Waals surface area contributed by atoms with E-state index in [1.807, 2.05) is 12.3 Å². The fourth-order valence-electron chi connectivity index (χ4n) is 3.85. The van der Waals surface area contributed by atoms with Crippen LogP contribution in [0.15, 0.2) is 42.3 Å². The molecule has 2 heterocycles. The smallest absolute Gasteiger partial charge is 0.227 e. The van der Waals surface area contributed by atoms with E-state index >= 15 is 0 Å². The number of aliphatic hydroxyl groups excluding tert-OH is 1. The van der Waals surface area contributed by atoms with Crippen molar-refractivity contribution in [2.24, 2.45) is 5.92 Å². The summed E-state index contributed by atoms with van der Waals surface area (Å²) in [6.07, 6.45) is 4.43. The lowest BCUT2D eigenvalue weighted by molar-refractivity contribution is 0.323. The highest BCUT2D eigenvalue weighted by Gasteiger charge is 2.28. The monoisotopic (exact) mass is 365 g/mol. The summed E-state index contributed by atoms with van der Waals surface area (Å²) in [5.74, 6) is 1.21. The Labute approximate surface area is 160 Å². The Kier molecular flexibility index (Phi) is 4.99. The zero-order valence-corrected chi connectivity index (χ0v) is 15.9. The lowest BCUT2D eigenvalue weighted by Crippen LogP contribution is -2.43. The minimum atomic E-state index is -0.0626. The number of rotatable bonds is 4. The van der Waals surface area contributed by atoms with Crippen molar-refractivity contribution in [3.05, 3.63) is 53.6 Å². The summed E-state index contributed by atoms with van der Waals surface area (Å²) in [5, 5.41) is 17.0. The van der Waals surface area contributed by atoms with Crippen molar-refractivity contribution in [3.63, 3.8) is 0 Å². The van der Waals surface area contributed by atoms with Gasteiger partial charge in [0.05, 0.1) is 17.4 Å². The summed E-state index contributed by atoms with van der Waals surface area (Å²) in [6, 6.07) is 8.41. The van der Waals surface area contributed by atoms with E-state index in [4.69, 9.17) is 4.98 Å². The van der Waals surface area contributed by atoms with Gasteiger partial charge in [-0.05, 0) is 48.2 Å². The maximum absolute atomic E-state index is 10.3. The van der Waals surface area contributed by atoms with Gasteiger partial charge in [-0.2, -0.15) is 0 Å². The molecule has 1 saturated heterocycles. The molecule has 1 aromatic heterocycles. The van der Waals surface area contributed by atoms with Crippen LogP contribution in [0.4, 0.5) is 17.3 Å². The average molecular weight is 365 g/mol. The van der Waals surface area contributed by atoms with Gasteiger partial charge in [0.25, 0.3) is 0 Å². The number of benzene rings is 1. The second-order valence-electron chi connectivity index (χ2n) is 7.57. The first kappa shape index (κ1) is 17.8. The fraction of sp³-hybridized carbons (Fsp3) is 0.429. The summed E-state index contributed by atoms with van der Waals surface area (Å²) in [6.45, 7) is 8.34. The third kappa shape index (κ3) is 3.76. The Hall–Kier alpha value is -2.60. The van der Waals surface area contributed by atoms with Crippen molar-refractivity contribution < 1.29 is 5.11 Å². The van der Waals surface area contributed by atoms with Crippen molar-refractivity contribution in [1.82, 2.24) is 15.3 Å². The molecule has 3 N–H and O–H groups in total. The highest BCUT2D eigenvalue weighted by Crippen LogP contribution is 2.35. The van der Waals surface area contributed by atoms with Crippen LogP contribution in [0.25, 0.3) is 0 Å². The molecule has 2 aromatic rings. The van der Waals surface area contributed by atoms with E-state index in [9.17, 15) is 5.11 Å². The van der Waals surface area contributed by atoms with E-state index in [-0.39, 0.29) is 11.8 Å². The predicted octanol–water partition coefficient (Wildman–Crippen LogP) is 3.37. The first-order valence-electron chi connectivity index (χ1n) is 9.69. The highest BCUT2D eigenvalue weighted by atomic mass is 16.3. The van der Waals surface area contributed by atoms with Crippen LogP contribution in [0, 0.1) is 5.92 Å². The number of hydrogen-bond acceptors (Lipinski definition) is 6. The number of fused-ring (bicyclic) bond motifs is 1. The molecule has 1 fully saturated rings. The first-order chi connectivity index (χ1) is 13.1. The number of piperazine rings is 1. The summed E-state index contributed by atoms with van der Waals surface area (Å²) in [4.78, 5) is 11.6. The Balaban J connectivity index is 1.52. The summed E-state index contributed by atoms with van der Waals surface area (Å²) in [7, 11) is 0. The van der Waals surface area contributed by atoms with Crippen molar-refractivity contribution in [3.8, 4) is 0 Å². The van der Waals surface area contributed by atoms with Crippen molar-refractivity contribution in [1.29, 1.82) is 0 Å². The van der Waals surface area contributed by atoms with E-state index in [1.165, 1.54) is 5.69 Å². The van der Waals surface area contributed by atoms with E-state index in [1.54, 1.807) is 0 Å². The Morgan fingerprint density at radius 3 is 2.63 bits per heavy atom. The van der Waals surface area contributed by atoms with Crippen LogP contribution < -0.4 is 15.5 Å². The van der Waals surface area contributed by atoms with Crippen molar-refractivity contribution >= 4 is 17.3 Å². The Bertz CT molecular complexity index is 825. The van der Waals surface area contributed by atoms with Gasteiger partial charge in [-0.3, -0.25) is 0 Å². The summed E-state index contributed by atoms with van der Waals surface area (Å²) < 4.78 is 0. The molecule has 1 aliphatic carbocycles. The van der Waals surface area contributed by atoms with Crippen LogP contribution >= 0.6 is 0 Å². The van der Waals surface area contributed by atoms with Gasteiger partial charge in [-0.1, -0.05) is 13.8 Å². The highest BCUT2D eigenvalue weighted by molar-refractivity contribution is 5.59. The van der Waals surface area contributed by atoms with Gasteiger partial charge in [-0.25, -0.2) is 9.97 Å². The number of nitrogens with one attached hydrogen (secondary N) is 2. The molecule has 0 bridgehead atoms. The van der Waals surface area contributed by atoms with Crippen LogP contribution in [0.3, 0.4) is 0 Å². The molecular formula is C21H27N5O. The third-order valence-corrected chi connectivity index (χ3v) is 5.31. The maximum Gasteiger partial charge on any atom is 0.227 e. The Morgan fingerprint density at radius 1 is 1.19 bits per heavy atom. The standard InChI is InChI=1S/C21H27N5O/c1-14(2)19-18(27)8-3-15-13-23-21(25-20(15)19)24-16-4-6-17(7-5-16)26-11-9-22-10-12-26/h4-8,13-14,19,22,27H,3,9-12H2,1-2H3,(H,23,24,25). The molecule has 0 radical (unpaired) electrons. The second-order valence-corrected chi connectivity index (χ2v) is 7.57. The summed E-state index contributed by atoms with van der Waals surface area (Å²) >= 11 is 0. The van der Waals surface area contributed by atoms with E-state index in [2.05, 4.69) is 58.6 Å². The predicted molar refractivity (Wildman–Crippen MR) is 109 cm³/mol. The van der Waals surface area contributed by atoms with Crippen LogP contribution in [0.2, 0.25) is 0 Å². The zero-order chi connectivity index (χ0) is 18.8. The molecular weight excluding hydrogens is 338 g/mol. The van der Waals surface area contributed by atoms with Gasteiger partial charge >= 0.3 is 0 Å². The molecule has 0 saturated carbocycles. The minimum Gasteiger partial charge on any atom is -0.512 e. The molecule has 6 nitrogen and oxygen atoms in total. The second kappa shape index (κ2) is 7.56. The van der Waals surface area contributed by atoms with Gasteiger partial charge in [0.2, 0.25) is 5.95 Å². The molecule has 1 aromatic carbocycles. The first-order valence-corrected chi connectivity index (χ1v) is 9.69. The molecule has 4 rings (SSSR count). The quantitative estimate of drug-likeness (QED) is 0.772. The fourth-order valence-corrected chi connectivity index (χ4v) is 3.85. The van der Waals surface area contributed by atoms with Gasteiger partial charge < -0.3 is 20.6 Å². The molecule has 1 atom stereocenters. The number of hydrogen-bond donors (Lipinski definition) is 3. The molecule has 0 spiro atoms. The largest absolute Gasteiger partial charge is 0.512 e. The molecule has 2 aliphatic rings. The van der Waals surface area contributed by atoms with Crippen LogP contribution in [0.5, 0.6) is 0 Å². The lowest BCUT2D eigenvalue weighted by Gasteiger charge is -2.29. The van der Waals surface area contributed by atoms with Gasteiger partial charge in [0.1, 0.15) is 0 Å². The molecule has 6 heteroatoms. The minimum absolute atomic E-state index is 0.0626. The maximum atomic E-state index is 10.3. The van der Waals surface area contributed by atoms with E-state index < -0.39 is 0 Å². The van der Waals surface area contributed by atoms with E-state index in [0.717, 1.165) is 43.1 Å². The molecule has 142 valence electrons. The van der Waals surface area contributed by atoms with Crippen LogP contribution in [-0.4, -0.2) is 41.3 Å². The lowest BCUT2D eigenvalue weighted by atomic mass is 9.84. The van der Waals surface area contributed by atoms with Gasteiger partial charge in [0.15, 0.2) is 0 Å². The van der Waals surface area contributed by atoms with Crippen LogP contribution in [0.1, 0.15) is 31.0 Å². The number of aromatic nitrogens is 2. The molecule has 0 amide bonds. The van der Waals surface area contributed by atoms with E-state index in [0.29, 0.717) is 18.1 Å². The zero-order valence-electron chi connectivity index (χ0n) is 15.9. The van der Waals surface area contributed by atoms with Crippen molar-refractivity contribution in [2.75, 3.05) is 36.4 Å². The number of allylic oxidation sites excluding steroid dienone is 2. The molecule has 1 aliphatic heterocycles. The topological polar surface area (TPSA) is 73.3 Å². The van der Waals surface area contributed by atoms with Crippen molar-refractivity contribution in [2.45, 2.75) is 26.2 Å². The number of nitrogens with zero attached hydrogens (tertiary/aromatic N) is 3. The van der Waals surface area contributed by atoms with Gasteiger partial charge in [0, 0.05) is 43.8 Å². The number of anilines is 3. The van der Waals surface area contributed by atoms with Crippen LogP contribution in [-0.2, 0) is 6.42 Å². The summed E-state index contributed by atoms with van der Waals surface area (Å²) in [5.41, 5.74) is 4.22. The Morgan fingerprint density at radius 2 is 1.93 bits per heavy atom. The van der Waals surface area contributed by atoms with Gasteiger partial charge in [-0.15, -0.1) is 0 Å². The normalized spacial score (nSPS) is 19.6. The molecule has 27 heavy (non-hydrogen) atoms.